The minimum atomic E-state index is -0.437. The van der Waals surface area contributed by atoms with E-state index >= 15 is 0 Å². The Bertz CT molecular complexity index is 1340. The lowest BCUT2D eigenvalue weighted by Crippen LogP contribution is -2.11. The molecule has 2 N–H and O–H groups in total. The van der Waals surface area contributed by atoms with Crippen LogP contribution in [0.5, 0.6) is 0 Å². The number of carbonyl (C=O) groups is 1. The number of carbonyl (C=O) groups excluding carboxylic acids is 1. The van der Waals surface area contributed by atoms with Gasteiger partial charge >= 0.3 is 0 Å². The monoisotopic (exact) mass is 376 g/mol. The van der Waals surface area contributed by atoms with Crippen molar-refractivity contribution in [3.8, 4) is 11.1 Å². The van der Waals surface area contributed by atoms with Crippen LogP contribution in [0.2, 0.25) is 0 Å². The molecule has 4 heteroatoms. The Labute approximate surface area is 168 Å². The SMILES string of the molecule is NC(=O)c1cccc2c1c1[c]cc(-c3ccccc3)cc1n2Cc1ccccn1. The molecule has 0 saturated heterocycles. The summed E-state index contributed by atoms with van der Waals surface area (Å²) in [5.74, 6) is -0.437. The van der Waals surface area contributed by atoms with E-state index < -0.39 is 5.91 Å². The highest BCUT2D eigenvalue weighted by atomic mass is 16.1. The maximum atomic E-state index is 12.1. The molecule has 5 aromatic rings. The van der Waals surface area contributed by atoms with Crippen molar-refractivity contribution in [2.24, 2.45) is 5.73 Å². The number of nitrogens with zero attached hydrogens (tertiary/aromatic N) is 2. The van der Waals surface area contributed by atoms with Crippen LogP contribution in [-0.4, -0.2) is 15.5 Å². The summed E-state index contributed by atoms with van der Waals surface area (Å²) in [6.45, 7) is 0.592. The number of amides is 1. The standard InChI is InChI=1S/C25H18N3O/c26-25(29)21-10-6-11-22-24(21)20-13-12-18(17-7-2-1-3-8-17)15-23(20)28(22)16-19-9-4-5-14-27-19/h1-12,14-15H,16H2,(H2,26,29). The number of benzene rings is 3. The van der Waals surface area contributed by atoms with Crippen molar-refractivity contribution in [3.05, 3.63) is 102 Å². The smallest absolute Gasteiger partial charge is 0.249 e. The van der Waals surface area contributed by atoms with Crippen molar-refractivity contribution in [1.29, 1.82) is 0 Å². The largest absolute Gasteiger partial charge is 0.366 e. The van der Waals surface area contributed by atoms with Gasteiger partial charge in [0.05, 0.1) is 23.3 Å². The third-order valence-corrected chi connectivity index (χ3v) is 5.21. The Kier molecular flexibility index (Phi) is 4.10. The van der Waals surface area contributed by atoms with E-state index in [-0.39, 0.29) is 0 Å². The first kappa shape index (κ1) is 17.2. The third-order valence-electron chi connectivity index (χ3n) is 5.21. The van der Waals surface area contributed by atoms with Gasteiger partial charge in [-0.05, 0) is 53.6 Å². The van der Waals surface area contributed by atoms with Crippen molar-refractivity contribution in [3.63, 3.8) is 0 Å². The molecule has 139 valence electrons. The van der Waals surface area contributed by atoms with Crippen LogP contribution >= 0.6 is 0 Å². The fraction of sp³-hybridized carbons (Fsp3) is 0.0400. The Morgan fingerprint density at radius 1 is 0.931 bits per heavy atom. The van der Waals surface area contributed by atoms with Crippen LogP contribution in [0, 0.1) is 6.07 Å². The summed E-state index contributed by atoms with van der Waals surface area (Å²) in [6.07, 6.45) is 1.79. The summed E-state index contributed by atoms with van der Waals surface area (Å²) in [7, 11) is 0. The van der Waals surface area contributed by atoms with Crippen molar-refractivity contribution in [1.82, 2.24) is 9.55 Å². The second-order valence-corrected chi connectivity index (χ2v) is 6.99. The molecular weight excluding hydrogens is 358 g/mol. The zero-order valence-corrected chi connectivity index (χ0v) is 15.7. The summed E-state index contributed by atoms with van der Waals surface area (Å²) in [6, 6.07) is 29.3. The first-order chi connectivity index (χ1) is 14.2. The molecular formula is C25H18N3O. The molecule has 1 amide bonds. The summed E-state index contributed by atoms with van der Waals surface area (Å²) in [5.41, 5.74) is 11.3. The van der Waals surface area contributed by atoms with Crippen LogP contribution in [0.3, 0.4) is 0 Å². The molecule has 0 fully saturated rings. The van der Waals surface area contributed by atoms with Gasteiger partial charge in [-0.1, -0.05) is 42.5 Å². The fourth-order valence-corrected chi connectivity index (χ4v) is 3.88. The van der Waals surface area contributed by atoms with Crippen LogP contribution in [0.25, 0.3) is 32.9 Å². The number of fused-ring (bicyclic) bond motifs is 3. The molecule has 2 heterocycles. The van der Waals surface area contributed by atoms with E-state index in [0.717, 1.165) is 38.6 Å². The highest BCUT2D eigenvalue weighted by molar-refractivity contribution is 6.18. The van der Waals surface area contributed by atoms with Gasteiger partial charge in [-0.25, -0.2) is 0 Å². The third kappa shape index (κ3) is 2.95. The van der Waals surface area contributed by atoms with Crippen LogP contribution in [0.4, 0.5) is 0 Å². The maximum Gasteiger partial charge on any atom is 0.249 e. The molecule has 1 radical (unpaired) electrons. The Balaban J connectivity index is 1.82. The number of primary amides is 1. The number of pyridine rings is 1. The minimum Gasteiger partial charge on any atom is -0.366 e. The number of rotatable bonds is 4. The number of nitrogens with two attached hydrogens (primary N) is 1. The second-order valence-electron chi connectivity index (χ2n) is 6.99. The topological polar surface area (TPSA) is 60.9 Å². The lowest BCUT2D eigenvalue weighted by Gasteiger charge is -2.08. The molecule has 4 nitrogen and oxygen atoms in total. The lowest BCUT2D eigenvalue weighted by molar-refractivity contribution is 0.100. The van der Waals surface area contributed by atoms with Crippen molar-refractivity contribution in [2.45, 2.75) is 6.54 Å². The van der Waals surface area contributed by atoms with Crippen LogP contribution in [0.1, 0.15) is 16.1 Å². The molecule has 5 rings (SSSR count). The van der Waals surface area contributed by atoms with Gasteiger partial charge in [0.2, 0.25) is 5.91 Å². The van der Waals surface area contributed by atoms with E-state index in [2.05, 4.69) is 33.8 Å². The predicted molar refractivity (Wildman–Crippen MR) is 116 cm³/mol. The molecule has 0 saturated carbocycles. The molecule has 0 bridgehead atoms. The molecule has 0 spiro atoms. The van der Waals surface area contributed by atoms with Crippen LogP contribution < -0.4 is 5.73 Å². The Morgan fingerprint density at radius 2 is 1.76 bits per heavy atom. The zero-order valence-electron chi connectivity index (χ0n) is 15.7. The van der Waals surface area contributed by atoms with E-state index in [1.165, 1.54) is 0 Å². The van der Waals surface area contributed by atoms with Gasteiger partial charge in [0.25, 0.3) is 0 Å². The Hall–Kier alpha value is -3.92. The summed E-state index contributed by atoms with van der Waals surface area (Å²) in [5, 5.41) is 1.73. The molecule has 0 unspecified atom stereocenters. The highest BCUT2D eigenvalue weighted by Crippen LogP contribution is 2.34. The lowest BCUT2D eigenvalue weighted by atomic mass is 10.0. The zero-order chi connectivity index (χ0) is 19.8. The average molecular weight is 376 g/mol. The van der Waals surface area contributed by atoms with Crippen molar-refractivity contribution < 1.29 is 4.79 Å². The maximum absolute atomic E-state index is 12.1. The quantitative estimate of drug-likeness (QED) is 0.490. The number of hydrogen-bond donors (Lipinski definition) is 1. The molecule has 2 aromatic heterocycles. The van der Waals surface area contributed by atoms with E-state index in [4.69, 9.17) is 5.73 Å². The molecule has 29 heavy (non-hydrogen) atoms. The Morgan fingerprint density at radius 3 is 2.52 bits per heavy atom. The fourth-order valence-electron chi connectivity index (χ4n) is 3.88. The number of aromatic nitrogens is 2. The molecule has 3 aromatic carbocycles. The summed E-state index contributed by atoms with van der Waals surface area (Å²) >= 11 is 0. The molecule has 0 aliphatic carbocycles. The van der Waals surface area contributed by atoms with Crippen LogP contribution in [-0.2, 0) is 6.54 Å². The van der Waals surface area contributed by atoms with Crippen molar-refractivity contribution >= 4 is 27.7 Å². The average Bonchev–Trinajstić information content (AvgIpc) is 3.08. The van der Waals surface area contributed by atoms with Gasteiger partial charge in [0, 0.05) is 22.5 Å². The minimum absolute atomic E-state index is 0.437. The van der Waals surface area contributed by atoms with Crippen LogP contribution in [0.15, 0.2) is 85.1 Å². The highest BCUT2D eigenvalue weighted by Gasteiger charge is 2.17. The second kappa shape index (κ2) is 6.91. The molecule has 0 atom stereocenters. The summed E-state index contributed by atoms with van der Waals surface area (Å²) < 4.78 is 2.18. The van der Waals surface area contributed by atoms with E-state index in [1.807, 2.05) is 54.6 Å². The van der Waals surface area contributed by atoms with Crippen molar-refractivity contribution in [2.75, 3.05) is 0 Å². The van der Waals surface area contributed by atoms with E-state index in [1.54, 1.807) is 12.3 Å². The molecule has 0 aliphatic heterocycles. The molecule has 0 aliphatic rings. The first-order valence-electron chi connectivity index (χ1n) is 9.44. The van der Waals surface area contributed by atoms with Gasteiger partial charge in [-0.2, -0.15) is 0 Å². The summed E-state index contributed by atoms with van der Waals surface area (Å²) in [4.78, 5) is 16.6. The van der Waals surface area contributed by atoms with Gasteiger partial charge in [0.1, 0.15) is 0 Å². The van der Waals surface area contributed by atoms with Gasteiger partial charge in [-0.15, -0.1) is 0 Å². The van der Waals surface area contributed by atoms with E-state index in [9.17, 15) is 4.79 Å². The first-order valence-corrected chi connectivity index (χ1v) is 9.44. The number of hydrogen-bond acceptors (Lipinski definition) is 2. The predicted octanol–water partition coefficient (Wildman–Crippen LogP) is 4.80. The van der Waals surface area contributed by atoms with E-state index in [0.29, 0.717) is 12.1 Å². The normalized spacial score (nSPS) is 11.2. The van der Waals surface area contributed by atoms with Gasteiger partial charge in [-0.3, -0.25) is 9.78 Å². The van der Waals surface area contributed by atoms with Gasteiger partial charge in [0.15, 0.2) is 0 Å². The van der Waals surface area contributed by atoms with Gasteiger partial charge < -0.3 is 10.3 Å².